The van der Waals surface area contributed by atoms with Gasteiger partial charge in [-0.05, 0) is 43.2 Å². The highest BCUT2D eigenvalue weighted by atomic mass is 32.2. The van der Waals surface area contributed by atoms with Gasteiger partial charge < -0.3 is 10.2 Å². The van der Waals surface area contributed by atoms with Crippen LogP contribution in [0.2, 0.25) is 0 Å². The summed E-state index contributed by atoms with van der Waals surface area (Å²) in [6, 6.07) is 4.21. The van der Waals surface area contributed by atoms with Crippen LogP contribution in [0.4, 0.5) is 4.79 Å². The second-order valence-electron chi connectivity index (χ2n) is 6.09. The molecule has 0 bridgehead atoms. The standard InChI is InChI=1S/C17H23N5OS/c1-21(14-3-4-15(10-14)24-2)17(23)20-11-13-5-6-19-16(9-13)22-8-7-18-12-22/h5-9,12,14-15H,3-4,10-11H2,1-2H3,(H,20,23)/t14-,15-/m0/s1. The van der Waals surface area contributed by atoms with Gasteiger partial charge in [-0.25, -0.2) is 14.8 Å². The van der Waals surface area contributed by atoms with Crippen molar-refractivity contribution in [3.8, 4) is 5.82 Å². The van der Waals surface area contributed by atoms with E-state index < -0.39 is 0 Å². The van der Waals surface area contributed by atoms with E-state index in [2.05, 4.69) is 21.5 Å². The van der Waals surface area contributed by atoms with E-state index in [9.17, 15) is 4.79 Å². The number of carbonyl (C=O) groups excluding carboxylic acids is 1. The van der Waals surface area contributed by atoms with Crippen LogP contribution >= 0.6 is 11.8 Å². The number of hydrogen-bond donors (Lipinski definition) is 1. The molecule has 0 aromatic carbocycles. The van der Waals surface area contributed by atoms with Crippen LogP contribution in [0.3, 0.4) is 0 Å². The first-order valence-corrected chi connectivity index (χ1v) is 9.43. The van der Waals surface area contributed by atoms with Crippen molar-refractivity contribution in [1.82, 2.24) is 24.8 Å². The van der Waals surface area contributed by atoms with Crippen LogP contribution in [0.25, 0.3) is 5.82 Å². The van der Waals surface area contributed by atoms with Crippen molar-refractivity contribution in [3.05, 3.63) is 42.6 Å². The molecule has 7 heteroatoms. The van der Waals surface area contributed by atoms with Gasteiger partial charge in [0.1, 0.15) is 12.1 Å². The molecule has 0 aliphatic heterocycles. The van der Waals surface area contributed by atoms with Crippen LogP contribution in [0.15, 0.2) is 37.1 Å². The number of nitrogens with zero attached hydrogens (tertiary/aromatic N) is 4. The van der Waals surface area contributed by atoms with E-state index in [0.717, 1.165) is 24.2 Å². The van der Waals surface area contributed by atoms with Crippen LogP contribution in [-0.4, -0.2) is 50.1 Å². The third-order valence-electron chi connectivity index (χ3n) is 4.58. The molecule has 3 rings (SSSR count). The first-order chi connectivity index (χ1) is 11.7. The van der Waals surface area contributed by atoms with Gasteiger partial charge in [-0.3, -0.25) is 4.57 Å². The molecule has 0 unspecified atom stereocenters. The number of pyridine rings is 1. The predicted molar refractivity (Wildman–Crippen MR) is 96.3 cm³/mol. The lowest BCUT2D eigenvalue weighted by Gasteiger charge is -2.25. The molecule has 2 aromatic rings. The monoisotopic (exact) mass is 345 g/mol. The van der Waals surface area contributed by atoms with Gasteiger partial charge in [-0.2, -0.15) is 11.8 Å². The number of thioether (sulfide) groups is 1. The lowest BCUT2D eigenvalue weighted by Crippen LogP contribution is -2.42. The van der Waals surface area contributed by atoms with Gasteiger partial charge in [0.15, 0.2) is 0 Å². The van der Waals surface area contributed by atoms with Crippen LogP contribution in [-0.2, 0) is 6.54 Å². The fraction of sp³-hybridized carbons (Fsp3) is 0.471. The number of rotatable bonds is 5. The van der Waals surface area contributed by atoms with E-state index in [0.29, 0.717) is 17.8 Å². The minimum absolute atomic E-state index is 0.0113. The number of hydrogen-bond acceptors (Lipinski definition) is 4. The van der Waals surface area contributed by atoms with Crippen molar-refractivity contribution < 1.29 is 4.79 Å². The smallest absolute Gasteiger partial charge is 0.317 e. The van der Waals surface area contributed by atoms with Crippen LogP contribution in [0.5, 0.6) is 0 Å². The molecule has 6 nitrogen and oxygen atoms in total. The average molecular weight is 345 g/mol. The maximum Gasteiger partial charge on any atom is 0.317 e. The summed E-state index contributed by atoms with van der Waals surface area (Å²) in [5, 5.41) is 3.69. The van der Waals surface area contributed by atoms with Crippen LogP contribution < -0.4 is 5.32 Å². The second kappa shape index (κ2) is 7.70. The van der Waals surface area contributed by atoms with E-state index in [1.807, 2.05) is 46.6 Å². The van der Waals surface area contributed by atoms with Gasteiger partial charge in [0.25, 0.3) is 0 Å². The van der Waals surface area contributed by atoms with Gasteiger partial charge in [0, 0.05) is 43.5 Å². The zero-order valence-electron chi connectivity index (χ0n) is 14.1. The number of amides is 2. The summed E-state index contributed by atoms with van der Waals surface area (Å²) in [6.45, 7) is 0.492. The number of carbonyl (C=O) groups is 1. The summed E-state index contributed by atoms with van der Waals surface area (Å²) >= 11 is 1.90. The SMILES string of the molecule is CS[C@H]1CC[C@H](N(C)C(=O)NCc2ccnc(-n3ccnc3)c2)C1. The first-order valence-electron chi connectivity index (χ1n) is 8.14. The van der Waals surface area contributed by atoms with E-state index in [1.165, 1.54) is 6.42 Å². The molecule has 1 aliphatic carbocycles. The Labute approximate surface area is 146 Å². The fourth-order valence-corrected chi connectivity index (χ4v) is 3.84. The molecule has 128 valence electrons. The lowest BCUT2D eigenvalue weighted by molar-refractivity contribution is 0.190. The minimum Gasteiger partial charge on any atom is -0.334 e. The number of urea groups is 1. The topological polar surface area (TPSA) is 63.1 Å². The van der Waals surface area contributed by atoms with Crippen molar-refractivity contribution in [1.29, 1.82) is 0 Å². The Balaban J connectivity index is 1.55. The maximum absolute atomic E-state index is 12.4. The van der Waals surface area contributed by atoms with E-state index in [-0.39, 0.29) is 6.03 Å². The van der Waals surface area contributed by atoms with Crippen molar-refractivity contribution in [2.24, 2.45) is 0 Å². The highest BCUT2D eigenvalue weighted by Gasteiger charge is 2.29. The van der Waals surface area contributed by atoms with E-state index in [1.54, 1.807) is 18.7 Å². The Morgan fingerprint density at radius 1 is 1.46 bits per heavy atom. The molecule has 0 radical (unpaired) electrons. The Kier molecular flexibility index (Phi) is 5.40. The third kappa shape index (κ3) is 3.90. The van der Waals surface area contributed by atoms with E-state index >= 15 is 0 Å². The Bertz CT molecular complexity index is 675. The van der Waals surface area contributed by atoms with Gasteiger partial charge in [0.2, 0.25) is 0 Å². The molecule has 2 aromatic heterocycles. The second-order valence-corrected chi connectivity index (χ2v) is 7.22. The van der Waals surface area contributed by atoms with Crippen molar-refractivity contribution >= 4 is 17.8 Å². The van der Waals surface area contributed by atoms with Gasteiger partial charge in [-0.15, -0.1) is 0 Å². The molecule has 0 spiro atoms. The maximum atomic E-state index is 12.4. The molecule has 2 heterocycles. The summed E-state index contributed by atoms with van der Waals surface area (Å²) in [4.78, 5) is 22.6. The van der Waals surface area contributed by atoms with Crippen molar-refractivity contribution in [3.63, 3.8) is 0 Å². The molecular weight excluding hydrogens is 322 g/mol. The van der Waals surface area contributed by atoms with Crippen molar-refractivity contribution in [2.45, 2.75) is 37.1 Å². The van der Waals surface area contributed by atoms with Gasteiger partial charge in [0.05, 0.1) is 0 Å². The molecular formula is C17H23N5OS. The molecule has 2 amide bonds. The lowest BCUT2D eigenvalue weighted by atomic mass is 10.2. The fourth-order valence-electron chi connectivity index (χ4n) is 3.06. The van der Waals surface area contributed by atoms with Gasteiger partial charge in [-0.1, -0.05) is 0 Å². The highest BCUT2D eigenvalue weighted by molar-refractivity contribution is 7.99. The van der Waals surface area contributed by atoms with Crippen molar-refractivity contribution in [2.75, 3.05) is 13.3 Å². The Morgan fingerprint density at radius 2 is 2.33 bits per heavy atom. The Morgan fingerprint density at radius 3 is 3.04 bits per heavy atom. The third-order valence-corrected chi connectivity index (χ3v) is 5.68. The Hall–Kier alpha value is -2.02. The number of imidazole rings is 1. The molecule has 1 aliphatic rings. The van der Waals surface area contributed by atoms with E-state index in [4.69, 9.17) is 0 Å². The highest BCUT2D eigenvalue weighted by Crippen LogP contribution is 2.30. The quantitative estimate of drug-likeness (QED) is 0.905. The molecule has 1 N–H and O–H groups in total. The number of nitrogens with one attached hydrogen (secondary N) is 1. The van der Waals surface area contributed by atoms with Crippen LogP contribution in [0.1, 0.15) is 24.8 Å². The van der Waals surface area contributed by atoms with Gasteiger partial charge >= 0.3 is 6.03 Å². The largest absolute Gasteiger partial charge is 0.334 e. The zero-order valence-corrected chi connectivity index (χ0v) is 14.9. The predicted octanol–water partition coefficient (Wildman–Crippen LogP) is 2.69. The summed E-state index contributed by atoms with van der Waals surface area (Å²) in [7, 11) is 1.90. The molecule has 0 saturated heterocycles. The van der Waals surface area contributed by atoms with Crippen LogP contribution in [0, 0.1) is 0 Å². The molecule has 24 heavy (non-hydrogen) atoms. The zero-order chi connectivity index (χ0) is 16.9. The molecule has 1 saturated carbocycles. The summed E-state index contributed by atoms with van der Waals surface area (Å²) in [5.41, 5.74) is 1.02. The summed E-state index contributed by atoms with van der Waals surface area (Å²) < 4.78 is 1.85. The average Bonchev–Trinajstić information content (AvgIpc) is 3.30. The summed E-state index contributed by atoms with van der Waals surface area (Å²) in [5.74, 6) is 0.797. The molecule has 1 fully saturated rings. The molecule has 2 atom stereocenters. The normalized spacial score (nSPS) is 20.1. The summed E-state index contributed by atoms with van der Waals surface area (Å²) in [6.07, 6.45) is 12.5. The minimum atomic E-state index is -0.0113. The number of aromatic nitrogens is 3. The first kappa shape index (κ1) is 16.8.